The lowest BCUT2D eigenvalue weighted by Gasteiger charge is -2.11. The summed E-state index contributed by atoms with van der Waals surface area (Å²) in [5.41, 5.74) is 2.32. The second kappa shape index (κ2) is 9.89. The Morgan fingerprint density at radius 3 is 2.25 bits per heavy atom. The van der Waals surface area contributed by atoms with Crippen LogP contribution in [0.3, 0.4) is 0 Å². The van der Waals surface area contributed by atoms with E-state index < -0.39 is 0 Å². The third-order valence-electron chi connectivity index (χ3n) is 4.51. The van der Waals surface area contributed by atoms with Crippen LogP contribution in [0.25, 0.3) is 0 Å². The summed E-state index contributed by atoms with van der Waals surface area (Å²) in [7, 11) is 0. The van der Waals surface area contributed by atoms with Crippen molar-refractivity contribution in [1.82, 2.24) is 15.0 Å². The molecule has 160 valence electrons. The van der Waals surface area contributed by atoms with Crippen LogP contribution < -0.4 is 16.0 Å². The molecule has 0 atom stereocenters. The fourth-order valence-corrected chi connectivity index (χ4v) is 3.27. The molecule has 32 heavy (non-hydrogen) atoms. The van der Waals surface area contributed by atoms with E-state index in [1.54, 1.807) is 18.3 Å². The lowest BCUT2D eigenvalue weighted by Crippen LogP contribution is -2.14. The van der Waals surface area contributed by atoms with E-state index in [9.17, 15) is 4.79 Å². The molecule has 0 aliphatic carbocycles. The van der Waals surface area contributed by atoms with Crippen LogP contribution in [0.15, 0.2) is 79.0 Å². The van der Waals surface area contributed by atoms with Gasteiger partial charge in [0.2, 0.25) is 5.91 Å². The first-order valence-corrected chi connectivity index (χ1v) is 10.4. The highest BCUT2D eigenvalue weighted by molar-refractivity contribution is 6.31. The normalized spacial score (nSPS) is 10.4. The smallest absolute Gasteiger partial charge is 0.228 e. The number of amides is 1. The fraction of sp³-hybridized carbons (Fsp3) is 0.0833. The molecule has 0 aliphatic heterocycles. The summed E-state index contributed by atoms with van der Waals surface area (Å²) in [5, 5.41) is 9.89. The summed E-state index contributed by atoms with van der Waals surface area (Å²) >= 11 is 6.13. The zero-order valence-electron chi connectivity index (χ0n) is 17.3. The maximum atomic E-state index is 12.3. The highest BCUT2D eigenvalue weighted by atomic mass is 35.5. The van der Waals surface area contributed by atoms with E-state index in [0.717, 1.165) is 11.3 Å². The largest absolute Gasteiger partial charge is 0.340 e. The van der Waals surface area contributed by atoms with Crippen molar-refractivity contribution in [2.24, 2.45) is 0 Å². The standard InChI is InChI=1S/C24H21ClN6O/c1-16-27-22(15-23(28-16)31-21-8-4-5-13-26-21)29-18-9-11-19(12-10-18)30-24(32)14-17-6-2-3-7-20(17)25/h2-13,15H,14H2,1H3,(H,30,32)(H2,26,27,28,29,31). The number of aromatic nitrogens is 3. The third-order valence-corrected chi connectivity index (χ3v) is 4.88. The molecule has 2 aromatic carbocycles. The molecule has 0 fully saturated rings. The summed E-state index contributed by atoms with van der Waals surface area (Å²) in [6.07, 6.45) is 1.93. The van der Waals surface area contributed by atoms with Crippen molar-refractivity contribution >= 4 is 46.3 Å². The van der Waals surface area contributed by atoms with E-state index >= 15 is 0 Å². The van der Waals surface area contributed by atoms with E-state index in [4.69, 9.17) is 11.6 Å². The third kappa shape index (κ3) is 5.80. The Balaban J connectivity index is 1.39. The summed E-state index contributed by atoms with van der Waals surface area (Å²) < 4.78 is 0. The highest BCUT2D eigenvalue weighted by Gasteiger charge is 2.08. The molecule has 1 amide bonds. The van der Waals surface area contributed by atoms with Crippen molar-refractivity contribution < 1.29 is 4.79 Å². The first kappa shape index (κ1) is 21.3. The van der Waals surface area contributed by atoms with E-state index in [1.165, 1.54) is 0 Å². The summed E-state index contributed by atoms with van der Waals surface area (Å²) in [6.45, 7) is 1.83. The van der Waals surface area contributed by atoms with Crippen molar-refractivity contribution in [3.8, 4) is 0 Å². The second-order valence-electron chi connectivity index (χ2n) is 7.04. The number of rotatable bonds is 7. The van der Waals surface area contributed by atoms with Crippen LogP contribution in [0.5, 0.6) is 0 Å². The van der Waals surface area contributed by atoms with E-state index in [-0.39, 0.29) is 12.3 Å². The number of hydrogen-bond donors (Lipinski definition) is 3. The van der Waals surface area contributed by atoms with E-state index in [1.807, 2.05) is 67.6 Å². The van der Waals surface area contributed by atoms with E-state index in [2.05, 4.69) is 30.9 Å². The molecular formula is C24H21ClN6O. The van der Waals surface area contributed by atoms with Crippen molar-refractivity contribution in [1.29, 1.82) is 0 Å². The van der Waals surface area contributed by atoms with Gasteiger partial charge in [0.25, 0.3) is 0 Å². The Bertz CT molecular complexity index is 1210. The number of pyridine rings is 1. The number of anilines is 5. The Labute approximate surface area is 190 Å². The molecule has 8 heteroatoms. The van der Waals surface area contributed by atoms with Gasteiger partial charge in [-0.1, -0.05) is 35.9 Å². The topological polar surface area (TPSA) is 91.8 Å². The van der Waals surface area contributed by atoms with Gasteiger partial charge in [0.1, 0.15) is 23.3 Å². The van der Waals surface area contributed by atoms with Gasteiger partial charge < -0.3 is 16.0 Å². The van der Waals surface area contributed by atoms with Gasteiger partial charge >= 0.3 is 0 Å². The number of aryl methyl sites for hydroxylation is 1. The summed E-state index contributed by atoms with van der Waals surface area (Å²) in [5.74, 6) is 2.48. The van der Waals surface area contributed by atoms with Gasteiger partial charge in [-0.05, 0) is 55.0 Å². The number of carbonyl (C=O) groups is 1. The van der Waals surface area contributed by atoms with Crippen LogP contribution in [0.4, 0.5) is 28.8 Å². The Morgan fingerprint density at radius 1 is 0.844 bits per heavy atom. The highest BCUT2D eigenvalue weighted by Crippen LogP contribution is 2.21. The van der Waals surface area contributed by atoms with Crippen molar-refractivity contribution in [3.63, 3.8) is 0 Å². The van der Waals surface area contributed by atoms with Crippen LogP contribution in [-0.2, 0) is 11.2 Å². The monoisotopic (exact) mass is 444 g/mol. The molecular weight excluding hydrogens is 424 g/mol. The number of carbonyl (C=O) groups excluding carboxylic acids is 1. The van der Waals surface area contributed by atoms with Gasteiger partial charge in [0.15, 0.2) is 0 Å². The second-order valence-corrected chi connectivity index (χ2v) is 7.45. The fourth-order valence-electron chi connectivity index (χ4n) is 3.07. The number of halogens is 1. The van der Waals surface area contributed by atoms with Gasteiger partial charge in [-0.25, -0.2) is 15.0 Å². The molecule has 0 spiro atoms. The molecule has 0 bridgehead atoms. The minimum atomic E-state index is -0.129. The minimum Gasteiger partial charge on any atom is -0.340 e. The Kier molecular flexibility index (Phi) is 6.57. The molecule has 2 aromatic heterocycles. The number of nitrogens with one attached hydrogen (secondary N) is 3. The summed E-state index contributed by atoms with van der Waals surface area (Å²) in [6, 6.07) is 22.1. The molecule has 0 aliphatic rings. The Morgan fingerprint density at radius 2 is 1.53 bits per heavy atom. The minimum absolute atomic E-state index is 0.129. The number of hydrogen-bond acceptors (Lipinski definition) is 6. The maximum absolute atomic E-state index is 12.3. The molecule has 0 radical (unpaired) electrons. The van der Waals surface area contributed by atoms with Crippen molar-refractivity contribution in [2.75, 3.05) is 16.0 Å². The molecule has 0 saturated carbocycles. The van der Waals surface area contributed by atoms with Crippen LogP contribution in [0, 0.1) is 6.92 Å². The molecule has 4 aromatic rings. The van der Waals surface area contributed by atoms with E-state index in [0.29, 0.717) is 34.0 Å². The predicted molar refractivity (Wildman–Crippen MR) is 128 cm³/mol. The maximum Gasteiger partial charge on any atom is 0.228 e. The molecule has 0 unspecified atom stereocenters. The average molecular weight is 445 g/mol. The van der Waals surface area contributed by atoms with Crippen LogP contribution in [0.1, 0.15) is 11.4 Å². The predicted octanol–water partition coefficient (Wildman–Crippen LogP) is 5.50. The van der Waals surface area contributed by atoms with Gasteiger partial charge in [0, 0.05) is 28.7 Å². The van der Waals surface area contributed by atoms with Crippen LogP contribution >= 0.6 is 11.6 Å². The molecule has 4 rings (SSSR count). The Hall–Kier alpha value is -3.97. The zero-order valence-corrected chi connectivity index (χ0v) is 18.1. The van der Waals surface area contributed by atoms with Crippen LogP contribution in [-0.4, -0.2) is 20.9 Å². The zero-order chi connectivity index (χ0) is 22.3. The molecule has 0 saturated heterocycles. The van der Waals surface area contributed by atoms with Crippen LogP contribution in [0.2, 0.25) is 5.02 Å². The summed E-state index contributed by atoms with van der Waals surface area (Å²) in [4.78, 5) is 25.4. The van der Waals surface area contributed by atoms with Crippen molar-refractivity contribution in [3.05, 3.63) is 95.4 Å². The molecule has 7 nitrogen and oxygen atoms in total. The first-order chi connectivity index (χ1) is 15.5. The first-order valence-electron chi connectivity index (χ1n) is 9.99. The average Bonchev–Trinajstić information content (AvgIpc) is 2.77. The lowest BCUT2D eigenvalue weighted by atomic mass is 10.1. The SMILES string of the molecule is Cc1nc(Nc2ccc(NC(=O)Cc3ccccc3Cl)cc2)cc(Nc2ccccn2)n1. The molecule has 2 heterocycles. The van der Waals surface area contributed by atoms with Gasteiger partial charge in [0.05, 0.1) is 6.42 Å². The van der Waals surface area contributed by atoms with Gasteiger partial charge in [-0.2, -0.15) is 0 Å². The van der Waals surface area contributed by atoms with Gasteiger partial charge in [-0.3, -0.25) is 4.79 Å². The van der Waals surface area contributed by atoms with Gasteiger partial charge in [-0.15, -0.1) is 0 Å². The van der Waals surface area contributed by atoms with Crippen molar-refractivity contribution in [2.45, 2.75) is 13.3 Å². The number of nitrogens with zero attached hydrogens (tertiary/aromatic N) is 3. The number of benzene rings is 2. The molecule has 3 N–H and O–H groups in total. The lowest BCUT2D eigenvalue weighted by molar-refractivity contribution is -0.115. The quantitative estimate of drug-likeness (QED) is 0.348.